The van der Waals surface area contributed by atoms with Crippen molar-refractivity contribution in [2.24, 2.45) is 5.92 Å². The maximum Gasteiger partial charge on any atom is 0.134 e. The van der Waals surface area contributed by atoms with E-state index < -0.39 is 0 Å². The number of ketones is 1. The first-order valence-corrected chi connectivity index (χ1v) is 12.6. The first kappa shape index (κ1) is 23.9. The molecule has 5 heteroatoms. The molecule has 1 aliphatic rings. The van der Waals surface area contributed by atoms with Gasteiger partial charge < -0.3 is 14.2 Å². The Kier molecular flexibility index (Phi) is 7.46. The van der Waals surface area contributed by atoms with Crippen LogP contribution in [0.5, 0.6) is 17.2 Å². The van der Waals surface area contributed by atoms with E-state index in [1.165, 1.54) is 0 Å². The fourth-order valence-electron chi connectivity index (χ4n) is 4.57. The minimum absolute atomic E-state index is 0.326. The summed E-state index contributed by atoms with van der Waals surface area (Å²) in [7, 11) is 0. The van der Waals surface area contributed by atoms with Crippen LogP contribution in [0.2, 0.25) is 0 Å². The Morgan fingerprint density at radius 2 is 1.53 bits per heavy atom. The number of benzene rings is 3. The number of carbonyl (C=O) groups is 1. The zero-order valence-corrected chi connectivity index (χ0v) is 20.6. The molecule has 1 saturated carbocycles. The Bertz CT molecular complexity index is 1330. The van der Waals surface area contributed by atoms with Crippen LogP contribution in [0.15, 0.2) is 78.9 Å². The number of hydrogen-bond acceptors (Lipinski definition) is 5. The molecule has 0 N–H and O–H groups in total. The SMILES string of the molecule is Cc1c(COc2cccc(OCC3CCC(=O)CC3)c2)nc2ccccc2c1OCc1ccccc1. The van der Waals surface area contributed by atoms with Gasteiger partial charge in [-0.1, -0.05) is 48.5 Å². The van der Waals surface area contributed by atoms with Gasteiger partial charge in [0.15, 0.2) is 0 Å². The molecule has 1 heterocycles. The third-order valence-corrected chi connectivity index (χ3v) is 6.73. The monoisotopic (exact) mass is 481 g/mol. The maximum absolute atomic E-state index is 11.5. The molecule has 0 aliphatic heterocycles. The number of nitrogens with zero attached hydrogens (tertiary/aromatic N) is 1. The number of aromatic nitrogens is 1. The molecule has 36 heavy (non-hydrogen) atoms. The number of rotatable bonds is 9. The molecule has 184 valence electrons. The standard InChI is InChI=1S/C31H31NO4/c1-22-30(21-35-27-11-7-10-26(18-27)34-19-24-14-16-25(33)17-15-24)32-29-13-6-5-12-28(29)31(22)36-20-23-8-3-2-4-9-23/h2-13,18,24H,14-17,19-21H2,1H3. The number of ether oxygens (including phenoxy) is 3. The molecule has 1 fully saturated rings. The topological polar surface area (TPSA) is 57.7 Å². The van der Waals surface area contributed by atoms with Crippen LogP contribution in [-0.4, -0.2) is 17.4 Å². The van der Waals surface area contributed by atoms with E-state index in [0.717, 1.165) is 57.8 Å². The van der Waals surface area contributed by atoms with E-state index in [0.29, 0.717) is 44.4 Å². The lowest BCUT2D eigenvalue weighted by Crippen LogP contribution is -2.19. The first-order chi connectivity index (χ1) is 17.7. The van der Waals surface area contributed by atoms with E-state index in [1.54, 1.807) is 0 Å². The molecule has 0 saturated heterocycles. The van der Waals surface area contributed by atoms with Gasteiger partial charge in [-0.25, -0.2) is 4.98 Å². The molecular weight excluding hydrogens is 450 g/mol. The van der Waals surface area contributed by atoms with Crippen LogP contribution in [0.25, 0.3) is 10.9 Å². The van der Waals surface area contributed by atoms with Crippen LogP contribution in [-0.2, 0) is 18.0 Å². The third-order valence-electron chi connectivity index (χ3n) is 6.73. The summed E-state index contributed by atoms with van der Waals surface area (Å²) >= 11 is 0. The highest BCUT2D eigenvalue weighted by Crippen LogP contribution is 2.32. The molecule has 5 rings (SSSR count). The van der Waals surface area contributed by atoms with E-state index >= 15 is 0 Å². The number of para-hydroxylation sites is 1. The minimum atomic E-state index is 0.326. The summed E-state index contributed by atoms with van der Waals surface area (Å²) in [6.07, 6.45) is 3.17. The van der Waals surface area contributed by atoms with Crippen LogP contribution in [0.1, 0.15) is 42.5 Å². The second-order valence-corrected chi connectivity index (χ2v) is 9.36. The third kappa shape index (κ3) is 5.85. The van der Waals surface area contributed by atoms with Gasteiger partial charge in [0.05, 0.1) is 17.8 Å². The quantitative estimate of drug-likeness (QED) is 0.262. The Hall–Kier alpha value is -3.86. The largest absolute Gasteiger partial charge is 0.493 e. The van der Waals surface area contributed by atoms with Gasteiger partial charge in [0, 0.05) is 29.9 Å². The van der Waals surface area contributed by atoms with Gasteiger partial charge in [0.1, 0.15) is 36.2 Å². The molecule has 0 radical (unpaired) electrons. The summed E-state index contributed by atoms with van der Waals surface area (Å²) in [5.74, 6) is 3.15. The smallest absolute Gasteiger partial charge is 0.134 e. The Morgan fingerprint density at radius 3 is 2.33 bits per heavy atom. The highest BCUT2D eigenvalue weighted by Gasteiger charge is 2.19. The van der Waals surface area contributed by atoms with Crippen LogP contribution in [0, 0.1) is 12.8 Å². The molecule has 0 unspecified atom stereocenters. The lowest BCUT2D eigenvalue weighted by atomic mass is 9.89. The average Bonchev–Trinajstić information content (AvgIpc) is 2.92. The fourth-order valence-corrected chi connectivity index (χ4v) is 4.57. The molecule has 1 aromatic heterocycles. The summed E-state index contributed by atoms with van der Waals surface area (Å²) < 4.78 is 18.5. The second-order valence-electron chi connectivity index (χ2n) is 9.36. The van der Waals surface area contributed by atoms with E-state index in [-0.39, 0.29) is 0 Å². The highest BCUT2D eigenvalue weighted by atomic mass is 16.5. The van der Waals surface area contributed by atoms with Gasteiger partial charge >= 0.3 is 0 Å². The molecule has 0 atom stereocenters. The zero-order chi connectivity index (χ0) is 24.7. The molecule has 0 amide bonds. The number of fused-ring (bicyclic) bond motifs is 1. The van der Waals surface area contributed by atoms with E-state index in [9.17, 15) is 4.79 Å². The van der Waals surface area contributed by atoms with Crippen molar-refractivity contribution in [1.82, 2.24) is 4.98 Å². The number of Topliss-reactive ketones (excluding diaryl/α,β-unsaturated/α-hetero) is 1. The Balaban J connectivity index is 1.28. The molecule has 4 aromatic rings. The minimum Gasteiger partial charge on any atom is -0.493 e. The van der Waals surface area contributed by atoms with Gasteiger partial charge in [-0.05, 0) is 55.5 Å². The summed E-state index contributed by atoms with van der Waals surface area (Å²) in [5.41, 5.74) is 3.82. The van der Waals surface area contributed by atoms with E-state index in [2.05, 4.69) is 12.1 Å². The summed E-state index contributed by atoms with van der Waals surface area (Å²) in [5, 5.41) is 0.995. The van der Waals surface area contributed by atoms with Gasteiger partial charge in [-0.15, -0.1) is 0 Å². The van der Waals surface area contributed by atoms with Crippen molar-refractivity contribution in [3.05, 3.63) is 95.7 Å². The molecule has 3 aromatic carbocycles. The summed E-state index contributed by atoms with van der Waals surface area (Å²) in [6.45, 7) is 3.48. The number of carbonyl (C=O) groups excluding carboxylic acids is 1. The molecule has 0 bridgehead atoms. The van der Waals surface area contributed by atoms with Crippen molar-refractivity contribution < 1.29 is 19.0 Å². The predicted octanol–water partition coefficient (Wildman–Crippen LogP) is 6.84. The van der Waals surface area contributed by atoms with Crippen LogP contribution in [0.4, 0.5) is 0 Å². The number of hydrogen-bond donors (Lipinski definition) is 0. The fraction of sp³-hybridized carbons (Fsp3) is 0.290. The Morgan fingerprint density at radius 1 is 0.806 bits per heavy atom. The van der Waals surface area contributed by atoms with Crippen molar-refractivity contribution in [3.63, 3.8) is 0 Å². The molecule has 5 nitrogen and oxygen atoms in total. The zero-order valence-electron chi connectivity index (χ0n) is 20.6. The van der Waals surface area contributed by atoms with E-state index in [4.69, 9.17) is 19.2 Å². The molecule has 1 aliphatic carbocycles. The van der Waals surface area contributed by atoms with Gasteiger partial charge in [-0.2, -0.15) is 0 Å². The Labute approximate surface area is 212 Å². The molecule has 0 spiro atoms. The van der Waals surface area contributed by atoms with Gasteiger partial charge in [0.2, 0.25) is 0 Å². The number of pyridine rings is 1. The predicted molar refractivity (Wildman–Crippen MR) is 140 cm³/mol. The van der Waals surface area contributed by atoms with Crippen molar-refractivity contribution in [1.29, 1.82) is 0 Å². The van der Waals surface area contributed by atoms with E-state index in [1.807, 2.05) is 73.7 Å². The average molecular weight is 482 g/mol. The van der Waals surface area contributed by atoms with Crippen LogP contribution in [0.3, 0.4) is 0 Å². The van der Waals surface area contributed by atoms with Crippen molar-refractivity contribution >= 4 is 16.7 Å². The van der Waals surface area contributed by atoms with Gasteiger partial charge in [0.25, 0.3) is 0 Å². The lowest BCUT2D eigenvalue weighted by molar-refractivity contribution is -0.121. The molecular formula is C31H31NO4. The summed E-state index contributed by atoms with van der Waals surface area (Å²) in [4.78, 5) is 16.3. The maximum atomic E-state index is 11.5. The van der Waals surface area contributed by atoms with Crippen LogP contribution >= 0.6 is 0 Å². The highest BCUT2D eigenvalue weighted by molar-refractivity contribution is 5.86. The van der Waals surface area contributed by atoms with Crippen molar-refractivity contribution in [3.8, 4) is 17.2 Å². The second kappa shape index (κ2) is 11.3. The lowest BCUT2D eigenvalue weighted by Gasteiger charge is -2.21. The summed E-state index contributed by atoms with van der Waals surface area (Å²) in [6, 6.07) is 25.9. The normalized spacial score (nSPS) is 14.1. The van der Waals surface area contributed by atoms with Crippen LogP contribution < -0.4 is 14.2 Å². The van der Waals surface area contributed by atoms with Crippen molar-refractivity contribution in [2.45, 2.75) is 45.8 Å². The first-order valence-electron chi connectivity index (χ1n) is 12.6. The van der Waals surface area contributed by atoms with Gasteiger partial charge in [-0.3, -0.25) is 4.79 Å². The van der Waals surface area contributed by atoms with Crippen molar-refractivity contribution in [2.75, 3.05) is 6.61 Å².